The topological polar surface area (TPSA) is 76.7 Å². The lowest BCUT2D eigenvalue weighted by atomic mass is 10.1. The fourth-order valence-corrected chi connectivity index (χ4v) is 1.71. The largest absolute Gasteiger partial charge is 0.496 e. The van der Waals surface area contributed by atoms with Gasteiger partial charge in [-0.25, -0.2) is 0 Å². The summed E-state index contributed by atoms with van der Waals surface area (Å²) in [7, 11) is 3.29. The first-order valence-electron chi connectivity index (χ1n) is 5.91. The van der Waals surface area contributed by atoms with E-state index in [4.69, 9.17) is 20.3 Å². The molecule has 1 aromatic carbocycles. The van der Waals surface area contributed by atoms with Crippen LogP contribution in [0.2, 0.25) is 0 Å². The van der Waals surface area contributed by atoms with E-state index in [2.05, 4.69) is 5.32 Å². The van der Waals surface area contributed by atoms with E-state index in [0.29, 0.717) is 13.1 Å². The van der Waals surface area contributed by atoms with Gasteiger partial charge in [0.1, 0.15) is 11.5 Å². The van der Waals surface area contributed by atoms with Crippen LogP contribution in [0, 0.1) is 6.92 Å². The number of nitrogens with two attached hydrogens (primary N) is 1. The van der Waals surface area contributed by atoms with Crippen molar-refractivity contribution in [2.24, 2.45) is 5.73 Å². The number of hydrogen-bond acceptors (Lipinski definition) is 5. The van der Waals surface area contributed by atoms with Gasteiger partial charge in [-0.3, -0.25) is 0 Å². The Hall–Kier alpha value is -1.30. The Labute approximate surface area is 108 Å². The predicted octanol–water partition coefficient (Wildman–Crippen LogP) is 0.421. The second-order valence-corrected chi connectivity index (χ2v) is 4.21. The van der Waals surface area contributed by atoms with Crippen LogP contribution < -0.4 is 20.5 Å². The Morgan fingerprint density at radius 3 is 2.50 bits per heavy atom. The maximum absolute atomic E-state index is 8.84. The molecule has 0 aromatic heterocycles. The van der Waals surface area contributed by atoms with Crippen LogP contribution >= 0.6 is 0 Å². The molecule has 0 saturated carbocycles. The van der Waals surface area contributed by atoms with Crippen molar-refractivity contribution < 1.29 is 14.6 Å². The van der Waals surface area contributed by atoms with Crippen LogP contribution in [0.15, 0.2) is 12.1 Å². The number of nitrogens with one attached hydrogen (secondary N) is 1. The minimum atomic E-state index is -0.247. The third-order valence-electron chi connectivity index (χ3n) is 2.75. The lowest BCUT2D eigenvalue weighted by Gasteiger charge is -2.15. The van der Waals surface area contributed by atoms with Crippen molar-refractivity contribution in [2.45, 2.75) is 19.5 Å². The predicted molar refractivity (Wildman–Crippen MR) is 71.1 cm³/mol. The first kappa shape index (κ1) is 14.8. The van der Waals surface area contributed by atoms with Gasteiger partial charge in [-0.15, -0.1) is 0 Å². The molecule has 0 bridgehead atoms. The van der Waals surface area contributed by atoms with E-state index in [-0.39, 0.29) is 12.6 Å². The SMILES string of the molecule is COc1cc(CNCC(N)CO)c(OC)cc1C. The third-order valence-corrected chi connectivity index (χ3v) is 2.75. The van der Waals surface area contributed by atoms with Gasteiger partial charge in [-0.2, -0.15) is 0 Å². The van der Waals surface area contributed by atoms with E-state index in [1.807, 2.05) is 19.1 Å². The van der Waals surface area contributed by atoms with Crippen molar-refractivity contribution >= 4 is 0 Å². The number of aliphatic hydroxyl groups is 1. The zero-order chi connectivity index (χ0) is 13.5. The van der Waals surface area contributed by atoms with Gasteiger partial charge in [0.25, 0.3) is 0 Å². The Morgan fingerprint density at radius 1 is 1.28 bits per heavy atom. The lowest BCUT2D eigenvalue weighted by Crippen LogP contribution is -2.36. The van der Waals surface area contributed by atoms with Crippen LogP contribution in [0.4, 0.5) is 0 Å². The van der Waals surface area contributed by atoms with Crippen molar-refractivity contribution in [3.8, 4) is 11.5 Å². The molecule has 0 aliphatic heterocycles. The van der Waals surface area contributed by atoms with Crippen molar-refractivity contribution in [3.63, 3.8) is 0 Å². The fraction of sp³-hybridized carbons (Fsp3) is 0.538. The maximum Gasteiger partial charge on any atom is 0.123 e. The van der Waals surface area contributed by atoms with Gasteiger partial charge in [-0.1, -0.05) is 0 Å². The molecule has 0 aliphatic carbocycles. The molecular weight excluding hydrogens is 232 g/mol. The summed E-state index contributed by atoms with van der Waals surface area (Å²) in [6.07, 6.45) is 0. The molecule has 18 heavy (non-hydrogen) atoms. The number of benzene rings is 1. The first-order chi connectivity index (χ1) is 8.62. The second-order valence-electron chi connectivity index (χ2n) is 4.21. The Morgan fingerprint density at radius 2 is 1.94 bits per heavy atom. The van der Waals surface area contributed by atoms with Gasteiger partial charge in [0.2, 0.25) is 0 Å². The molecule has 0 spiro atoms. The number of methoxy groups -OCH3 is 2. The van der Waals surface area contributed by atoms with Crippen molar-refractivity contribution in [3.05, 3.63) is 23.3 Å². The zero-order valence-electron chi connectivity index (χ0n) is 11.2. The van der Waals surface area contributed by atoms with Crippen molar-refractivity contribution in [1.82, 2.24) is 5.32 Å². The highest BCUT2D eigenvalue weighted by atomic mass is 16.5. The average Bonchev–Trinajstić information content (AvgIpc) is 2.39. The quantitative estimate of drug-likeness (QED) is 0.657. The summed E-state index contributed by atoms with van der Waals surface area (Å²) in [6, 6.07) is 3.65. The normalized spacial score (nSPS) is 12.3. The summed E-state index contributed by atoms with van der Waals surface area (Å²) >= 11 is 0. The summed E-state index contributed by atoms with van der Waals surface area (Å²) in [6.45, 7) is 3.12. The molecule has 102 valence electrons. The molecule has 0 amide bonds. The highest BCUT2D eigenvalue weighted by Crippen LogP contribution is 2.27. The van der Waals surface area contributed by atoms with E-state index in [1.165, 1.54) is 0 Å². The van der Waals surface area contributed by atoms with Gasteiger partial charge in [0, 0.05) is 24.7 Å². The summed E-state index contributed by atoms with van der Waals surface area (Å²) in [4.78, 5) is 0. The van der Waals surface area contributed by atoms with E-state index < -0.39 is 0 Å². The molecule has 0 radical (unpaired) electrons. The van der Waals surface area contributed by atoms with Gasteiger partial charge < -0.3 is 25.6 Å². The average molecular weight is 254 g/mol. The van der Waals surface area contributed by atoms with E-state index in [1.54, 1.807) is 14.2 Å². The second kappa shape index (κ2) is 7.20. The summed E-state index contributed by atoms with van der Waals surface area (Å²) in [5, 5.41) is 12.0. The van der Waals surface area contributed by atoms with Gasteiger partial charge in [-0.05, 0) is 24.6 Å². The van der Waals surface area contributed by atoms with E-state index in [9.17, 15) is 0 Å². The van der Waals surface area contributed by atoms with Crippen LogP contribution in [0.5, 0.6) is 11.5 Å². The van der Waals surface area contributed by atoms with Crippen molar-refractivity contribution in [1.29, 1.82) is 0 Å². The Kier molecular flexibility index (Phi) is 5.91. The highest BCUT2D eigenvalue weighted by Gasteiger charge is 2.09. The summed E-state index contributed by atoms with van der Waals surface area (Å²) < 4.78 is 10.6. The number of aliphatic hydroxyl groups excluding tert-OH is 1. The minimum absolute atomic E-state index is 0.0264. The van der Waals surface area contributed by atoms with Crippen LogP contribution in [-0.4, -0.2) is 38.5 Å². The Balaban J connectivity index is 2.74. The van der Waals surface area contributed by atoms with Gasteiger partial charge >= 0.3 is 0 Å². The first-order valence-corrected chi connectivity index (χ1v) is 5.91. The molecule has 0 saturated heterocycles. The number of hydrogen-bond donors (Lipinski definition) is 3. The van der Waals surface area contributed by atoms with Crippen LogP contribution in [-0.2, 0) is 6.54 Å². The monoisotopic (exact) mass is 254 g/mol. The van der Waals surface area contributed by atoms with Crippen molar-refractivity contribution in [2.75, 3.05) is 27.4 Å². The molecule has 1 unspecified atom stereocenters. The maximum atomic E-state index is 8.84. The minimum Gasteiger partial charge on any atom is -0.496 e. The third kappa shape index (κ3) is 3.87. The number of ether oxygens (including phenoxy) is 2. The number of rotatable bonds is 7. The summed E-state index contributed by atoms with van der Waals surface area (Å²) in [5.74, 6) is 1.65. The standard InChI is InChI=1S/C13H22N2O3/c1-9-4-13(18-3)10(5-12(9)17-2)6-15-7-11(14)8-16/h4-5,11,15-16H,6-8,14H2,1-3H3. The van der Waals surface area contributed by atoms with Crippen LogP contribution in [0.1, 0.15) is 11.1 Å². The van der Waals surface area contributed by atoms with E-state index in [0.717, 1.165) is 22.6 Å². The van der Waals surface area contributed by atoms with Gasteiger partial charge in [0.15, 0.2) is 0 Å². The fourth-order valence-electron chi connectivity index (χ4n) is 1.71. The molecule has 1 aromatic rings. The molecule has 1 rings (SSSR count). The van der Waals surface area contributed by atoms with Gasteiger partial charge in [0.05, 0.1) is 20.8 Å². The van der Waals surface area contributed by atoms with E-state index >= 15 is 0 Å². The Bertz CT molecular complexity index is 383. The smallest absolute Gasteiger partial charge is 0.123 e. The zero-order valence-corrected chi connectivity index (χ0v) is 11.2. The molecular formula is C13H22N2O3. The highest BCUT2D eigenvalue weighted by molar-refractivity contribution is 5.45. The lowest BCUT2D eigenvalue weighted by molar-refractivity contribution is 0.262. The van der Waals surface area contributed by atoms with Crippen LogP contribution in [0.25, 0.3) is 0 Å². The molecule has 4 N–H and O–H groups in total. The molecule has 0 aliphatic rings. The molecule has 5 heteroatoms. The summed E-state index contributed by atoms with van der Waals surface area (Å²) in [5.41, 5.74) is 7.66. The molecule has 0 fully saturated rings. The van der Waals surface area contributed by atoms with Crippen LogP contribution in [0.3, 0.4) is 0 Å². The molecule has 5 nitrogen and oxygen atoms in total. The number of aryl methyl sites for hydroxylation is 1. The molecule has 0 heterocycles. The molecule has 1 atom stereocenters.